The summed E-state index contributed by atoms with van der Waals surface area (Å²) in [6.07, 6.45) is 3.79. The predicted molar refractivity (Wildman–Crippen MR) is 154 cm³/mol. The predicted octanol–water partition coefficient (Wildman–Crippen LogP) is 5.69. The summed E-state index contributed by atoms with van der Waals surface area (Å²) >= 11 is 12.7. The highest BCUT2D eigenvalue weighted by atomic mass is 35.5. The topological polar surface area (TPSA) is 76.2 Å². The van der Waals surface area contributed by atoms with Crippen molar-refractivity contribution >= 4 is 52.4 Å². The van der Waals surface area contributed by atoms with Crippen LogP contribution in [0.2, 0.25) is 10.0 Å². The van der Waals surface area contributed by atoms with Crippen molar-refractivity contribution in [3.05, 3.63) is 82.1 Å². The van der Waals surface area contributed by atoms with Gasteiger partial charge in [-0.25, -0.2) is 9.59 Å². The Kier molecular flexibility index (Phi) is 7.86. The number of anilines is 1. The van der Waals surface area contributed by atoms with Crippen LogP contribution in [-0.4, -0.2) is 76.3 Å². The maximum absolute atomic E-state index is 13.3. The summed E-state index contributed by atoms with van der Waals surface area (Å²) in [6, 6.07) is 12.8. The summed E-state index contributed by atoms with van der Waals surface area (Å²) in [5.41, 5.74) is 3.79. The number of nitrogens with zero attached hydrogens (tertiary/aromatic N) is 4. The molecular weight excluding hydrogens is 537 g/mol. The van der Waals surface area contributed by atoms with Crippen LogP contribution in [-0.2, 0) is 11.2 Å². The second-order valence-electron chi connectivity index (χ2n) is 9.89. The molecule has 2 aromatic rings. The molecule has 204 valence electrons. The first kappa shape index (κ1) is 27.1. The monoisotopic (exact) mass is 567 g/mol. The van der Waals surface area contributed by atoms with E-state index in [9.17, 15) is 14.4 Å². The van der Waals surface area contributed by atoms with Crippen molar-refractivity contribution in [1.82, 2.24) is 19.6 Å². The van der Waals surface area contributed by atoms with E-state index in [0.717, 1.165) is 17.7 Å². The Balaban J connectivity index is 1.25. The van der Waals surface area contributed by atoms with Crippen LogP contribution in [0, 0.1) is 0 Å². The Morgan fingerprint density at radius 2 is 1.79 bits per heavy atom. The highest BCUT2D eigenvalue weighted by Gasteiger charge is 2.34. The number of nitrogens with one attached hydrogen (secondary N) is 1. The number of rotatable bonds is 5. The third-order valence-corrected chi connectivity index (χ3v) is 8.48. The molecule has 10 heteroatoms. The van der Waals surface area contributed by atoms with Gasteiger partial charge in [0.15, 0.2) is 0 Å². The Labute approximate surface area is 238 Å². The zero-order chi connectivity index (χ0) is 27.7. The van der Waals surface area contributed by atoms with Gasteiger partial charge in [0.1, 0.15) is 6.54 Å². The molecule has 3 aliphatic heterocycles. The molecule has 1 fully saturated rings. The highest BCUT2D eigenvalue weighted by Crippen LogP contribution is 2.37. The number of hydrogen-bond donors (Lipinski definition) is 1. The number of carbonyl (C=O) groups excluding carboxylic acids is 3. The molecule has 3 aliphatic rings. The maximum Gasteiger partial charge on any atom is 0.328 e. The van der Waals surface area contributed by atoms with Crippen molar-refractivity contribution in [2.24, 2.45) is 0 Å². The lowest BCUT2D eigenvalue weighted by atomic mass is 10.0. The molecule has 0 aliphatic carbocycles. The van der Waals surface area contributed by atoms with E-state index in [1.807, 2.05) is 42.2 Å². The molecule has 0 saturated carbocycles. The van der Waals surface area contributed by atoms with E-state index < -0.39 is 0 Å². The number of halogens is 2. The Morgan fingerprint density at radius 1 is 1.05 bits per heavy atom. The number of allylic oxidation sites excluding steroid dienone is 1. The lowest BCUT2D eigenvalue weighted by molar-refractivity contribution is -0.132. The summed E-state index contributed by atoms with van der Waals surface area (Å²) < 4.78 is 0. The summed E-state index contributed by atoms with van der Waals surface area (Å²) in [4.78, 5) is 46.1. The molecule has 0 unspecified atom stereocenters. The van der Waals surface area contributed by atoms with Crippen molar-refractivity contribution in [2.75, 3.05) is 38.0 Å². The lowest BCUT2D eigenvalue weighted by Gasteiger charge is -2.39. The fourth-order valence-corrected chi connectivity index (χ4v) is 5.89. The van der Waals surface area contributed by atoms with E-state index in [2.05, 4.69) is 11.9 Å². The van der Waals surface area contributed by atoms with Crippen LogP contribution in [0.25, 0.3) is 5.57 Å². The van der Waals surface area contributed by atoms with Gasteiger partial charge < -0.3 is 15.1 Å². The van der Waals surface area contributed by atoms with E-state index in [4.69, 9.17) is 23.2 Å². The van der Waals surface area contributed by atoms with Gasteiger partial charge in [-0.1, -0.05) is 60.1 Å². The summed E-state index contributed by atoms with van der Waals surface area (Å²) in [6.45, 7) is 7.92. The van der Waals surface area contributed by atoms with Crippen molar-refractivity contribution in [3.8, 4) is 0 Å². The van der Waals surface area contributed by atoms with Gasteiger partial charge in [-0.2, -0.15) is 0 Å². The number of urea groups is 2. The minimum absolute atomic E-state index is 0.0513. The Morgan fingerprint density at radius 3 is 2.54 bits per heavy atom. The fourth-order valence-electron chi connectivity index (χ4n) is 5.49. The van der Waals surface area contributed by atoms with Crippen molar-refractivity contribution in [2.45, 2.75) is 32.2 Å². The number of hydrogen-bond acceptors (Lipinski definition) is 3. The van der Waals surface area contributed by atoms with Crippen LogP contribution in [0.15, 0.2) is 60.9 Å². The fraction of sp³-hybridized carbons (Fsp3) is 0.345. The number of piperidine rings is 1. The van der Waals surface area contributed by atoms with Crippen LogP contribution in [0.4, 0.5) is 15.3 Å². The van der Waals surface area contributed by atoms with Gasteiger partial charge in [0.05, 0.1) is 10.0 Å². The second-order valence-corrected chi connectivity index (χ2v) is 10.7. The molecule has 8 nitrogen and oxygen atoms in total. The largest absolute Gasteiger partial charge is 0.341 e. The number of likely N-dealkylation sites (N-methyl/N-ethyl adjacent to an activating group) is 1. The van der Waals surface area contributed by atoms with E-state index in [0.29, 0.717) is 65.9 Å². The molecule has 1 N–H and O–H groups in total. The number of fused-ring (bicyclic) bond motifs is 1. The number of carbonyl (C=O) groups is 3. The maximum atomic E-state index is 13.3. The summed E-state index contributed by atoms with van der Waals surface area (Å²) in [5.74, 6) is -0.147. The van der Waals surface area contributed by atoms with Gasteiger partial charge in [-0.3, -0.25) is 14.6 Å². The average molecular weight is 569 g/mol. The number of amides is 5. The standard InChI is InChI=1S/C29H31Cl2N5O3/c1-3-35-19(2)23(22-8-6-9-24(30)27(22)31)17-34(29(35)39)18-26(37)33-14-12-21(13-15-33)36-16-11-20-7-4-5-10-25(20)32-28(36)38/h4-10,17,21H,2-3,11-16,18H2,1H3,(H,32,38). The molecule has 5 amide bonds. The second kappa shape index (κ2) is 11.3. The molecule has 1 saturated heterocycles. The minimum Gasteiger partial charge on any atom is -0.341 e. The first-order valence-electron chi connectivity index (χ1n) is 13.2. The Hall–Kier alpha value is -3.49. The number of benzene rings is 2. The molecule has 3 heterocycles. The van der Waals surface area contributed by atoms with Crippen LogP contribution in [0.3, 0.4) is 0 Å². The van der Waals surface area contributed by atoms with Gasteiger partial charge in [0, 0.05) is 60.9 Å². The molecule has 0 radical (unpaired) electrons. The van der Waals surface area contributed by atoms with E-state index >= 15 is 0 Å². The van der Waals surface area contributed by atoms with Gasteiger partial charge in [-0.15, -0.1) is 0 Å². The van der Waals surface area contributed by atoms with Crippen molar-refractivity contribution < 1.29 is 14.4 Å². The van der Waals surface area contributed by atoms with Gasteiger partial charge in [0.25, 0.3) is 0 Å². The summed E-state index contributed by atoms with van der Waals surface area (Å²) in [5, 5.41) is 3.79. The van der Waals surface area contributed by atoms with Crippen molar-refractivity contribution in [3.63, 3.8) is 0 Å². The SMILES string of the molecule is C=C1C(c2cccc(Cl)c2Cl)=CN(CC(=O)N2CCC(N3CCc4ccccc4NC3=O)CC2)C(=O)N1CC. The first-order chi connectivity index (χ1) is 18.8. The van der Waals surface area contributed by atoms with Gasteiger partial charge in [0.2, 0.25) is 5.91 Å². The molecule has 0 aromatic heterocycles. The minimum atomic E-state index is -0.312. The van der Waals surface area contributed by atoms with Crippen molar-refractivity contribution in [1.29, 1.82) is 0 Å². The molecule has 0 atom stereocenters. The summed E-state index contributed by atoms with van der Waals surface area (Å²) in [7, 11) is 0. The lowest BCUT2D eigenvalue weighted by Crippen LogP contribution is -2.52. The molecule has 2 aromatic carbocycles. The van der Waals surface area contributed by atoms with Gasteiger partial charge in [-0.05, 0) is 43.9 Å². The van der Waals surface area contributed by atoms with Crippen LogP contribution >= 0.6 is 23.2 Å². The van der Waals surface area contributed by atoms with Crippen LogP contribution < -0.4 is 5.32 Å². The highest BCUT2D eigenvalue weighted by molar-refractivity contribution is 6.43. The molecule has 39 heavy (non-hydrogen) atoms. The van der Waals surface area contributed by atoms with E-state index in [-0.39, 0.29) is 30.6 Å². The zero-order valence-electron chi connectivity index (χ0n) is 21.8. The normalized spacial score (nSPS) is 18.5. The number of para-hydroxylation sites is 1. The third kappa shape index (κ3) is 5.36. The Bertz CT molecular complexity index is 1350. The molecule has 0 bridgehead atoms. The molecule has 0 spiro atoms. The van der Waals surface area contributed by atoms with E-state index in [1.54, 1.807) is 23.2 Å². The first-order valence-corrected chi connectivity index (χ1v) is 13.9. The quantitative estimate of drug-likeness (QED) is 0.504. The third-order valence-electron chi connectivity index (χ3n) is 7.66. The van der Waals surface area contributed by atoms with Gasteiger partial charge >= 0.3 is 12.1 Å². The average Bonchev–Trinajstić information content (AvgIpc) is 3.10. The number of likely N-dealkylation sites (tertiary alicyclic amines) is 1. The molecular formula is C29H31Cl2N5O3. The smallest absolute Gasteiger partial charge is 0.328 e. The molecule has 5 rings (SSSR count). The van der Waals surface area contributed by atoms with Crippen LogP contribution in [0.5, 0.6) is 0 Å². The van der Waals surface area contributed by atoms with E-state index in [1.165, 1.54) is 9.80 Å². The zero-order valence-corrected chi connectivity index (χ0v) is 23.3. The van der Waals surface area contributed by atoms with Crippen LogP contribution in [0.1, 0.15) is 30.9 Å².